The van der Waals surface area contributed by atoms with E-state index >= 15 is 0 Å². The summed E-state index contributed by atoms with van der Waals surface area (Å²) in [5.41, 5.74) is 5.08. The molecule has 0 aromatic heterocycles. The summed E-state index contributed by atoms with van der Waals surface area (Å²) < 4.78 is 0. The lowest BCUT2D eigenvalue weighted by atomic mass is 10.2. The third-order valence-electron chi connectivity index (χ3n) is 5.28. The second-order valence-corrected chi connectivity index (χ2v) is 9.80. The smallest absolute Gasteiger partial charge is 0.326 e. The van der Waals surface area contributed by atoms with Crippen LogP contribution in [0.3, 0.4) is 0 Å². The zero-order chi connectivity index (χ0) is 34.4. The number of aliphatic hydroxyl groups is 2. The molecule has 0 aliphatic rings. The Morgan fingerprint density at radius 1 is 0.578 bits per heavy atom. The third-order valence-corrected chi connectivity index (χ3v) is 5.93. The highest BCUT2D eigenvalue weighted by molar-refractivity contribution is 7.98. The molecular formula is C23H39N9O12S. The van der Waals surface area contributed by atoms with Crippen LogP contribution in [0.15, 0.2) is 0 Å². The molecule has 254 valence electrons. The van der Waals surface area contributed by atoms with E-state index < -0.39 is 117 Å². The fourth-order valence-corrected chi connectivity index (χ4v) is 3.40. The fraction of sp³-hybridized carbons (Fsp3) is 0.609. The Bertz CT molecular complexity index is 1080. The van der Waals surface area contributed by atoms with Crippen LogP contribution >= 0.6 is 11.8 Å². The number of hydrogen-bond donors (Lipinski definition) is 12. The maximum absolute atomic E-state index is 12.2. The number of carboxylic acids is 1. The standard InChI is InChI=1S/C23H39N9O12S/c1-45-3-2-12(23(43)44)30-18(38)8-26-16(36)5-28-22(42)14(11-34)32-20(40)9-27-17(37)6-29-21(41)13(10-33)31-19(39)7-25-15(35)4-24/h12-14,33-34H,2-11,24H2,1H3,(H,25,35)(H,26,36)(H,27,37)(H,28,42)(H,29,41)(H,30,38)(H,31,39)(H,32,40)(H,43,44)/t12-,13-,14-/m0/s1. The van der Waals surface area contributed by atoms with E-state index in [1.165, 1.54) is 11.8 Å². The minimum Gasteiger partial charge on any atom is -0.480 e. The van der Waals surface area contributed by atoms with Crippen LogP contribution in [0.1, 0.15) is 6.42 Å². The molecule has 0 aliphatic heterocycles. The molecule has 0 aromatic rings. The van der Waals surface area contributed by atoms with Crippen LogP contribution in [-0.2, 0) is 43.2 Å². The van der Waals surface area contributed by atoms with Crippen molar-refractivity contribution in [3.05, 3.63) is 0 Å². The van der Waals surface area contributed by atoms with E-state index in [9.17, 15) is 53.4 Å². The van der Waals surface area contributed by atoms with Gasteiger partial charge in [-0.25, -0.2) is 4.79 Å². The zero-order valence-corrected chi connectivity index (χ0v) is 25.1. The van der Waals surface area contributed by atoms with Gasteiger partial charge in [-0.15, -0.1) is 0 Å². The van der Waals surface area contributed by atoms with E-state index in [-0.39, 0.29) is 13.0 Å². The quantitative estimate of drug-likeness (QED) is 0.0511. The number of nitrogens with one attached hydrogen (secondary N) is 8. The van der Waals surface area contributed by atoms with Crippen molar-refractivity contribution in [2.75, 3.05) is 64.5 Å². The highest BCUT2D eigenvalue weighted by Crippen LogP contribution is 2.00. The van der Waals surface area contributed by atoms with Crippen LogP contribution in [0.5, 0.6) is 0 Å². The predicted octanol–water partition coefficient (Wildman–Crippen LogP) is -8.20. The topological polar surface area (TPSA) is 337 Å². The fourth-order valence-electron chi connectivity index (χ4n) is 2.93. The molecule has 0 radical (unpaired) electrons. The van der Waals surface area contributed by atoms with Crippen molar-refractivity contribution in [1.82, 2.24) is 42.5 Å². The van der Waals surface area contributed by atoms with E-state index in [4.69, 9.17) is 10.8 Å². The number of rotatable bonds is 22. The second kappa shape index (κ2) is 22.9. The third kappa shape index (κ3) is 18.7. The molecule has 0 aromatic carbocycles. The number of nitrogens with two attached hydrogens (primary N) is 1. The summed E-state index contributed by atoms with van der Waals surface area (Å²) >= 11 is 1.39. The Morgan fingerprint density at radius 2 is 0.933 bits per heavy atom. The molecule has 21 nitrogen and oxygen atoms in total. The lowest BCUT2D eigenvalue weighted by molar-refractivity contribution is -0.141. The number of carbonyl (C=O) groups excluding carboxylic acids is 8. The molecule has 0 saturated heterocycles. The van der Waals surface area contributed by atoms with Crippen molar-refractivity contribution in [2.24, 2.45) is 5.73 Å². The molecule has 0 saturated carbocycles. The summed E-state index contributed by atoms with van der Waals surface area (Å²) in [5, 5.41) is 45.0. The van der Waals surface area contributed by atoms with Gasteiger partial charge in [0.2, 0.25) is 47.3 Å². The summed E-state index contributed by atoms with van der Waals surface area (Å²) in [6.07, 6.45) is 1.94. The molecule has 3 atom stereocenters. The minimum absolute atomic E-state index is 0.174. The van der Waals surface area contributed by atoms with Crippen LogP contribution in [0, 0.1) is 0 Å². The number of amides is 8. The number of carbonyl (C=O) groups is 9. The van der Waals surface area contributed by atoms with Crippen molar-refractivity contribution in [3.63, 3.8) is 0 Å². The van der Waals surface area contributed by atoms with Crippen LogP contribution in [0.25, 0.3) is 0 Å². The SMILES string of the molecule is CSCC[C@H](NC(=O)CNC(=O)CNC(=O)[C@H](CO)NC(=O)CNC(=O)CNC(=O)[C@H](CO)NC(=O)CNC(=O)CN)C(=O)O. The van der Waals surface area contributed by atoms with Gasteiger partial charge in [-0.3, -0.25) is 38.4 Å². The summed E-state index contributed by atoms with van der Waals surface area (Å²) in [5.74, 6) is -7.52. The highest BCUT2D eigenvalue weighted by Gasteiger charge is 2.23. The normalized spacial score (nSPS) is 12.3. The van der Waals surface area contributed by atoms with Gasteiger partial charge in [-0.2, -0.15) is 11.8 Å². The average molecular weight is 666 g/mol. The number of aliphatic carboxylic acids is 1. The molecule has 0 fully saturated rings. The van der Waals surface area contributed by atoms with Crippen molar-refractivity contribution < 1.29 is 58.5 Å². The monoisotopic (exact) mass is 665 g/mol. The van der Waals surface area contributed by atoms with E-state index in [0.29, 0.717) is 5.75 Å². The Labute approximate surface area is 260 Å². The van der Waals surface area contributed by atoms with Gasteiger partial charge in [-0.05, 0) is 18.4 Å². The van der Waals surface area contributed by atoms with Crippen LogP contribution < -0.4 is 48.3 Å². The van der Waals surface area contributed by atoms with Crippen LogP contribution in [0.2, 0.25) is 0 Å². The molecule has 45 heavy (non-hydrogen) atoms. The van der Waals surface area contributed by atoms with Gasteiger partial charge in [0.05, 0.1) is 52.5 Å². The second-order valence-electron chi connectivity index (χ2n) is 8.82. The van der Waals surface area contributed by atoms with E-state index in [2.05, 4.69) is 42.5 Å². The first-order valence-electron chi connectivity index (χ1n) is 13.1. The number of carboxylic acid groups (broad SMARTS) is 1. The predicted molar refractivity (Wildman–Crippen MR) is 155 cm³/mol. The molecule has 0 bridgehead atoms. The maximum atomic E-state index is 12.2. The Hall–Kier alpha value is -4.54. The zero-order valence-electron chi connectivity index (χ0n) is 24.3. The highest BCUT2D eigenvalue weighted by atomic mass is 32.2. The summed E-state index contributed by atoms with van der Waals surface area (Å²) in [7, 11) is 0. The summed E-state index contributed by atoms with van der Waals surface area (Å²) in [4.78, 5) is 106. The van der Waals surface area contributed by atoms with Gasteiger partial charge in [0, 0.05) is 0 Å². The van der Waals surface area contributed by atoms with E-state index in [1.807, 2.05) is 0 Å². The molecule has 0 unspecified atom stereocenters. The minimum atomic E-state index is -1.53. The van der Waals surface area contributed by atoms with Crippen molar-refractivity contribution in [1.29, 1.82) is 0 Å². The Morgan fingerprint density at radius 3 is 1.27 bits per heavy atom. The molecule has 0 aliphatic carbocycles. The molecule has 0 heterocycles. The summed E-state index contributed by atoms with van der Waals surface area (Å²) in [6.45, 7) is -5.18. The first kappa shape index (κ1) is 40.5. The van der Waals surface area contributed by atoms with Crippen LogP contribution in [0.4, 0.5) is 0 Å². The Kier molecular flexibility index (Phi) is 20.6. The van der Waals surface area contributed by atoms with Gasteiger partial charge in [0.25, 0.3) is 0 Å². The number of hydrogen-bond acceptors (Lipinski definition) is 13. The summed E-state index contributed by atoms with van der Waals surface area (Å²) in [6, 6.07) is -4.12. The van der Waals surface area contributed by atoms with E-state index in [1.54, 1.807) is 6.26 Å². The number of thioether (sulfide) groups is 1. The van der Waals surface area contributed by atoms with E-state index in [0.717, 1.165) is 0 Å². The average Bonchev–Trinajstić information content (AvgIpc) is 3.02. The Balaban J connectivity index is 4.49. The lowest BCUT2D eigenvalue weighted by Gasteiger charge is -2.17. The van der Waals surface area contributed by atoms with Gasteiger partial charge in [0.15, 0.2) is 0 Å². The molecule has 0 rings (SSSR count). The van der Waals surface area contributed by atoms with Crippen molar-refractivity contribution >= 4 is 65.0 Å². The van der Waals surface area contributed by atoms with Gasteiger partial charge in [0.1, 0.15) is 18.1 Å². The molecule has 0 spiro atoms. The first-order chi connectivity index (χ1) is 21.3. The van der Waals surface area contributed by atoms with Crippen molar-refractivity contribution in [2.45, 2.75) is 24.5 Å². The first-order valence-corrected chi connectivity index (χ1v) is 14.5. The van der Waals surface area contributed by atoms with Crippen molar-refractivity contribution in [3.8, 4) is 0 Å². The molecule has 13 N–H and O–H groups in total. The molecular weight excluding hydrogens is 626 g/mol. The van der Waals surface area contributed by atoms with Gasteiger partial charge < -0.3 is 63.6 Å². The largest absolute Gasteiger partial charge is 0.480 e. The molecule has 22 heteroatoms. The molecule has 8 amide bonds. The lowest BCUT2D eigenvalue weighted by Crippen LogP contribution is -2.54. The van der Waals surface area contributed by atoms with Gasteiger partial charge >= 0.3 is 5.97 Å². The maximum Gasteiger partial charge on any atom is 0.326 e. The van der Waals surface area contributed by atoms with Crippen LogP contribution in [-0.4, -0.2) is 151 Å². The van der Waals surface area contributed by atoms with Gasteiger partial charge in [-0.1, -0.05) is 0 Å². The number of aliphatic hydroxyl groups excluding tert-OH is 2.